The smallest absolute Gasteiger partial charge is 0.414 e. The van der Waals surface area contributed by atoms with E-state index in [2.05, 4.69) is 39.0 Å². The summed E-state index contributed by atoms with van der Waals surface area (Å²) < 4.78 is 0. The molecule has 0 saturated carbocycles. The Balaban J connectivity index is 0.000000481. The Morgan fingerprint density at radius 1 is 0.765 bits per heavy atom. The molecule has 0 aliphatic carbocycles. The minimum Gasteiger partial charge on any atom is -0.508 e. The first-order chi connectivity index (χ1) is 16.3. The highest BCUT2D eigenvalue weighted by molar-refractivity contribution is 6.27. The normalized spacial score (nSPS) is 16.9. The number of carbonyl (C=O) groups excluding carboxylic acids is 1. The van der Waals surface area contributed by atoms with Crippen LogP contribution in [0.15, 0.2) is 54.6 Å². The lowest BCUT2D eigenvalue weighted by Gasteiger charge is -2.39. The van der Waals surface area contributed by atoms with E-state index in [1.807, 2.05) is 24.3 Å². The van der Waals surface area contributed by atoms with Crippen LogP contribution in [0.25, 0.3) is 0 Å². The van der Waals surface area contributed by atoms with Gasteiger partial charge in [0.1, 0.15) is 5.75 Å². The Labute approximate surface area is 198 Å². The number of anilines is 1. The van der Waals surface area contributed by atoms with Gasteiger partial charge in [-0.25, -0.2) is 9.59 Å². The molecule has 9 heteroatoms. The maximum absolute atomic E-state index is 13.0. The summed E-state index contributed by atoms with van der Waals surface area (Å²) in [7, 11) is 0. The molecule has 3 N–H and O–H groups in total. The van der Waals surface area contributed by atoms with Crippen molar-refractivity contribution in [2.75, 3.05) is 44.2 Å². The molecule has 0 unspecified atom stereocenters. The van der Waals surface area contributed by atoms with Gasteiger partial charge in [0.2, 0.25) is 5.91 Å². The molecule has 0 aromatic heterocycles. The molecule has 2 aliphatic heterocycles. The predicted octanol–water partition coefficient (Wildman–Crippen LogP) is 2.11. The van der Waals surface area contributed by atoms with Gasteiger partial charge in [0.05, 0.1) is 0 Å². The monoisotopic (exact) mass is 469 g/mol. The van der Waals surface area contributed by atoms with E-state index in [0.717, 1.165) is 64.2 Å². The first-order valence-corrected chi connectivity index (χ1v) is 11.4. The number of nitrogens with zero attached hydrogens (tertiary/aromatic N) is 3. The second-order valence-electron chi connectivity index (χ2n) is 8.44. The third-order valence-electron chi connectivity index (χ3n) is 6.22. The van der Waals surface area contributed by atoms with E-state index in [-0.39, 0.29) is 5.92 Å². The largest absolute Gasteiger partial charge is 0.508 e. The van der Waals surface area contributed by atoms with Gasteiger partial charge in [0, 0.05) is 49.9 Å². The van der Waals surface area contributed by atoms with Crippen LogP contribution in [0.5, 0.6) is 5.75 Å². The number of para-hydroxylation sites is 2. The van der Waals surface area contributed by atoms with Crippen LogP contribution in [0.2, 0.25) is 0 Å². The average molecular weight is 470 g/mol. The van der Waals surface area contributed by atoms with Gasteiger partial charge in [-0.1, -0.05) is 36.4 Å². The van der Waals surface area contributed by atoms with Crippen molar-refractivity contribution < 1.29 is 29.7 Å². The summed E-state index contributed by atoms with van der Waals surface area (Å²) in [6.07, 6.45) is 1.82. The maximum Gasteiger partial charge on any atom is 0.414 e. The molecule has 9 nitrogen and oxygen atoms in total. The SMILES string of the molecule is O=C(C1CCN(Cc2ccccc2O)CC1)N1CCN(c2ccccc2)CC1.O=C(O)C(=O)O. The number of benzene rings is 2. The first-order valence-electron chi connectivity index (χ1n) is 11.4. The third kappa shape index (κ3) is 6.95. The second-order valence-corrected chi connectivity index (χ2v) is 8.44. The number of hydrogen-bond donors (Lipinski definition) is 3. The molecule has 2 heterocycles. The Morgan fingerprint density at radius 3 is 1.88 bits per heavy atom. The first kappa shape index (κ1) is 25.0. The van der Waals surface area contributed by atoms with Gasteiger partial charge >= 0.3 is 11.9 Å². The Kier molecular flexibility index (Phi) is 8.86. The number of likely N-dealkylation sites (tertiary alicyclic amines) is 1. The lowest BCUT2D eigenvalue weighted by molar-refractivity contribution is -0.159. The van der Waals surface area contributed by atoms with Crippen LogP contribution in [-0.4, -0.2) is 82.2 Å². The molecule has 182 valence electrons. The number of phenolic OH excluding ortho intramolecular Hbond substituents is 1. The van der Waals surface area contributed by atoms with Gasteiger partial charge in [-0.3, -0.25) is 9.69 Å². The molecule has 2 saturated heterocycles. The van der Waals surface area contributed by atoms with Crippen LogP contribution in [0.3, 0.4) is 0 Å². The molecular formula is C25H31N3O6. The van der Waals surface area contributed by atoms with Crippen LogP contribution in [-0.2, 0) is 20.9 Å². The lowest BCUT2D eigenvalue weighted by atomic mass is 9.94. The molecule has 0 bridgehead atoms. The number of carboxylic acids is 2. The third-order valence-corrected chi connectivity index (χ3v) is 6.22. The predicted molar refractivity (Wildman–Crippen MR) is 127 cm³/mol. The van der Waals surface area contributed by atoms with E-state index >= 15 is 0 Å². The second kappa shape index (κ2) is 12.0. The summed E-state index contributed by atoms with van der Waals surface area (Å²) in [5.74, 6) is -2.82. The highest BCUT2D eigenvalue weighted by Gasteiger charge is 2.30. The maximum atomic E-state index is 13.0. The van der Waals surface area contributed by atoms with Crippen molar-refractivity contribution in [2.45, 2.75) is 19.4 Å². The summed E-state index contributed by atoms with van der Waals surface area (Å²) in [6, 6.07) is 18.0. The fourth-order valence-electron chi connectivity index (χ4n) is 4.31. The van der Waals surface area contributed by atoms with Crippen LogP contribution in [0.4, 0.5) is 5.69 Å². The van der Waals surface area contributed by atoms with Crippen molar-refractivity contribution in [2.24, 2.45) is 5.92 Å². The van der Waals surface area contributed by atoms with E-state index in [4.69, 9.17) is 19.8 Å². The Hall–Kier alpha value is -3.59. The molecule has 0 atom stereocenters. The molecule has 4 rings (SSSR count). The van der Waals surface area contributed by atoms with E-state index in [0.29, 0.717) is 11.7 Å². The fraction of sp³-hybridized carbons (Fsp3) is 0.400. The number of piperazine rings is 1. The molecular weight excluding hydrogens is 438 g/mol. The molecule has 1 amide bonds. The van der Waals surface area contributed by atoms with Gasteiger partial charge in [-0.05, 0) is 44.1 Å². The number of piperidine rings is 1. The summed E-state index contributed by atoms with van der Waals surface area (Å²) in [5, 5.41) is 24.7. The molecule has 0 spiro atoms. The van der Waals surface area contributed by atoms with Crippen LogP contribution >= 0.6 is 0 Å². The highest BCUT2D eigenvalue weighted by Crippen LogP contribution is 2.25. The molecule has 34 heavy (non-hydrogen) atoms. The standard InChI is InChI=1S/C23H29N3O2.C2H2O4/c27-22-9-5-4-6-20(22)18-24-12-10-19(11-13-24)23(28)26-16-14-25(15-17-26)21-7-2-1-3-8-21;3-1(4)2(5)6/h1-9,19,27H,10-18H2;(H,3,4)(H,5,6). The van der Waals surface area contributed by atoms with Crippen LogP contribution in [0.1, 0.15) is 18.4 Å². The highest BCUT2D eigenvalue weighted by atomic mass is 16.4. The zero-order valence-corrected chi connectivity index (χ0v) is 19.0. The van der Waals surface area contributed by atoms with Crippen molar-refractivity contribution in [1.29, 1.82) is 0 Å². The topological polar surface area (TPSA) is 122 Å². The Bertz CT molecular complexity index is 956. The van der Waals surface area contributed by atoms with Crippen LogP contribution < -0.4 is 4.90 Å². The number of rotatable bonds is 4. The number of carbonyl (C=O) groups is 3. The summed E-state index contributed by atoms with van der Waals surface area (Å²) in [6.45, 7) is 6.01. The fourth-order valence-corrected chi connectivity index (χ4v) is 4.31. The summed E-state index contributed by atoms with van der Waals surface area (Å²) >= 11 is 0. The van der Waals surface area contributed by atoms with Crippen molar-refractivity contribution in [3.05, 3.63) is 60.2 Å². The molecule has 2 aromatic carbocycles. The number of carboxylic acid groups (broad SMARTS) is 2. The van der Waals surface area contributed by atoms with Crippen molar-refractivity contribution >= 4 is 23.5 Å². The van der Waals surface area contributed by atoms with Gasteiger partial charge in [0.25, 0.3) is 0 Å². The van der Waals surface area contributed by atoms with Crippen molar-refractivity contribution in [3.63, 3.8) is 0 Å². The quantitative estimate of drug-likeness (QED) is 0.582. The van der Waals surface area contributed by atoms with Crippen LogP contribution in [0, 0.1) is 5.92 Å². The minimum atomic E-state index is -1.82. The molecule has 2 aromatic rings. The van der Waals surface area contributed by atoms with Crippen molar-refractivity contribution in [1.82, 2.24) is 9.80 Å². The van der Waals surface area contributed by atoms with E-state index in [1.54, 1.807) is 6.07 Å². The number of aromatic hydroxyl groups is 1. The van der Waals surface area contributed by atoms with Gasteiger partial charge < -0.3 is 25.1 Å². The average Bonchev–Trinajstić information content (AvgIpc) is 2.86. The van der Waals surface area contributed by atoms with E-state index in [1.165, 1.54) is 5.69 Å². The van der Waals surface area contributed by atoms with Gasteiger partial charge in [-0.2, -0.15) is 0 Å². The van der Waals surface area contributed by atoms with Gasteiger partial charge in [0.15, 0.2) is 0 Å². The number of amides is 1. The number of hydrogen-bond acceptors (Lipinski definition) is 6. The lowest BCUT2D eigenvalue weighted by Crippen LogP contribution is -2.51. The Morgan fingerprint density at radius 2 is 1.32 bits per heavy atom. The van der Waals surface area contributed by atoms with Gasteiger partial charge in [-0.15, -0.1) is 0 Å². The van der Waals surface area contributed by atoms with E-state index in [9.17, 15) is 9.90 Å². The molecule has 2 fully saturated rings. The summed E-state index contributed by atoms with van der Waals surface area (Å²) in [5.41, 5.74) is 2.20. The zero-order chi connectivity index (χ0) is 24.5. The van der Waals surface area contributed by atoms with E-state index < -0.39 is 11.9 Å². The molecule has 0 radical (unpaired) electrons. The number of phenols is 1. The number of aliphatic carboxylic acids is 2. The summed E-state index contributed by atoms with van der Waals surface area (Å²) in [4.78, 5) is 37.9. The molecule has 2 aliphatic rings. The van der Waals surface area contributed by atoms with Crippen molar-refractivity contribution in [3.8, 4) is 5.75 Å². The zero-order valence-electron chi connectivity index (χ0n) is 19.0. The minimum absolute atomic E-state index is 0.142.